The lowest BCUT2D eigenvalue weighted by Gasteiger charge is -2.28. The second kappa shape index (κ2) is 4.44. The predicted octanol–water partition coefficient (Wildman–Crippen LogP) is 1.86. The van der Waals surface area contributed by atoms with Crippen molar-refractivity contribution < 1.29 is 4.79 Å². The number of carbonyl (C=O) groups excluding carboxylic acids is 1. The van der Waals surface area contributed by atoms with Crippen LogP contribution < -0.4 is 10.2 Å². The first kappa shape index (κ1) is 11.8. The molecule has 0 radical (unpaired) electrons. The van der Waals surface area contributed by atoms with Gasteiger partial charge >= 0.3 is 6.03 Å². The Balaban J connectivity index is 1.91. The zero-order valence-corrected chi connectivity index (χ0v) is 11.1. The molecule has 1 unspecified atom stereocenters. The Morgan fingerprint density at radius 1 is 1.44 bits per heavy atom. The lowest BCUT2D eigenvalue weighted by molar-refractivity contribution is 0.193. The van der Waals surface area contributed by atoms with E-state index < -0.39 is 0 Å². The highest BCUT2D eigenvalue weighted by molar-refractivity contribution is 6.30. The molecule has 5 heteroatoms. The van der Waals surface area contributed by atoms with Crippen molar-refractivity contribution in [2.45, 2.75) is 13.0 Å². The molecule has 0 saturated carbocycles. The molecule has 2 fully saturated rings. The largest absolute Gasteiger partial charge is 0.324 e. The van der Waals surface area contributed by atoms with E-state index in [0.717, 1.165) is 37.4 Å². The smallest absolute Gasteiger partial charge is 0.317 e. The quantitative estimate of drug-likeness (QED) is 0.841. The van der Waals surface area contributed by atoms with Crippen LogP contribution in [-0.2, 0) is 0 Å². The molecule has 96 valence electrons. The van der Waals surface area contributed by atoms with E-state index in [0.29, 0.717) is 11.1 Å². The van der Waals surface area contributed by atoms with Gasteiger partial charge in [0.15, 0.2) is 0 Å². The van der Waals surface area contributed by atoms with Gasteiger partial charge in [-0.3, -0.25) is 4.90 Å². The van der Waals surface area contributed by atoms with Gasteiger partial charge in [0.2, 0.25) is 0 Å². The maximum Gasteiger partial charge on any atom is 0.324 e. The van der Waals surface area contributed by atoms with Crippen molar-refractivity contribution in [2.75, 3.05) is 31.1 Å². The molecule has 2 aliphatic heterocycles. The molecule has 1 atom stereocenters. The fourth-order valence-electron chi connectivity index (χ4n) is 2.74. The molecule has 2 heterocycles. The zero-order valence-electron chi connectivity index (χ0n) is 10.3. The molecule has 0 spiro atoms. The number of urea groups is 1. The first-order chi connectivity index (χ1) is 8.66. The maximum absolute atomic E-state index is 12.4. The minimum Gasteiger partial charge on any atom is -0.317 e. The van der Waals surface area contributed by atoms with Crippen LogP contribution in [0, 0.1) is 6.92 Å². The van der Waals surface area contributed by atoms with Crippen LogP contribution in [0.3, 0.4) is 0 Å². The van der Waals surface area contributed by atoms with Gasteiger partial charge in [-0.05, 0) is 30.7 Å². The average molecular weight is 266 g/mol. The van der Waals surface area contributed by atoms with E-state index in [2.05, 4.69) is 5.32 Å². The van der Waals surface area contributed by atoms with Crippen molar-refractivity contribution in [2.24, 2.45) is 0 Å². The predicted molar refractivity (Wildman–Crippen MR) is 72.3 cm³/mol. The van der Waals surface area contributed by atoms with Crippen LogP contribution in [0.1, 0.15) is 5.56 Å². The van der Waals surface area contributed by atoms with E-state index in [9.17, 15) is 4.79 Å². The molecule has 0 bridgehead atoms. The maximum atomic E-state index is 12.4. The summed E-state index contributed by atoms with van der Waals surface area (Å²) < 4.78 is 0. The first-order valence-electron chi connectivity index (χ1n) is 6.22. The Hall–Kier alpha value is -1.26. The Morgan fingerprint density at radius 2 is 2.28 bits per heavy atom. The van der Waals surface area contributed by atoms with E-state index in [4.69, 9.17) is 11.6 Å². The van der Waals surface area contributed by atoms with Crippen molar-refractivity contribution in [3.05, 3.63) is 28.8 Å². The van der Waals surface area contributed by atoms with Crippen molar-refractivity contribution in [3.8, 4) is 0 Å². The molecule has 2 aliphatic rings. The van der Waals surface area contributed by atoms with Crippen LogP contribution in [-0.4, -0.2) is 43.2 Å². The van der Waals surface area contributed by atoms with Crippen LogP contribution >= 0.6 is 11.6 Å². The van der Waals surface area contributed by atoms with Crippen LogP contribution in [0.15, 0.2) is 18.2 Å². The monoisotopic (exact) mass is 265 g/mol. The third-order valence-electron chi connectivity index (χ3n) is 3.67. The number of rotatable bonds is 1. The SMILES string of the molecule is Cc1cc(Cl)ccc1N1CC2CNCCN2C1=O. The number of hydrogen-bond donors (Lipinski definition) is 1. The first-order valence-corrected chi connectivity index (χ1v) is 6.59. The Bertz CT molecular complexity index is 491. The molecule has 4 nitrogen and oxygen atoms in total. The molecule has 2 saturated heterocycles. The number of fused-ring (bicyclic) bond motifs is 1. The number of hydrogen-bond acceptors (Lipinski definition) is 2. The van der Waals surface area contributed by atoms with E-state index >= 15 is 0 Å². The van der Waals surface area contributed by atoms with E-state index in [1.807, 2.05) is 34.9 Å². The summed E-state index contributed by atoms with van der Waals surface area (Å²) in [7, 11) is 0. The number of nitrogens with zero attached hydrogens (tertiary/aromatic N) is 2. The second-order valence-corrected chi connectivity index (χ2v) is 5.31. The van der Waals surface area contributed by atoms with Gasteiger partial charge in [-0.15, -0.1) is 0 Å². The Labute approximate surface area is 112 Å². The molecule has 0 aliphatic carbocycles. The van der Waals surface area contributed by atoms with Gasteiger partial charge in [0, 0.05) is 36.9 Å². The van der Waals surface area contributed by atoms with Crippen molar-refractivity contribution >= 4 is 23.3 Å². The molecule has 18 heavy (non-hydrogen) atoms. The Morgan fingerprint density at radius 3 is 3.00 bits per heavy atom. The number of nitrogens with one attached hydrogen (secondary N) is 1. The van der Waals surface area contributed by atoms with Crippen molar-refractivity contribution in [3.63, 3.8) is 0 Å². The lowest BCUT2D eigenvalue weighted by Crippen LogP contribution is -2.49. The number of aryl methyl sites for hydroxylation is 1. The molecule has 0 aromatic heterocycles. The molecule has 1 N–H and O–H groups in total. The highest BCUT2D eigenvalue weighted by Gasteiger charge is 2.39. The van der Waals surface area contributed by atoms with Gasteiger partial charge in [-0.2, -0.15) is 0 Å². The van der Waals surface area contributed by atoms with Crippen LogP contribution in [0.5, 0.6) is 0 Å². The summed E-state index contributed by atoms with van der Waals surface area (Å²) in [5.41, 5.74) is 2.02. The molecule has 2 amide bonds. The van der Waals surface area contributed by atoms with Gasteiger partial charge in [0.25, 0.3) is 0 Å². The van der Waals surface area contributed by atoms with Crippen LogP contribution in [0.25, 0.3) is 0 Å². The highest BCUT2D eigenvalue weighted by Crippen LogP contribution is 2.29. The molecular formula is C13H16ClN3O. The zero-order chi connectivity index (χ0) is 12.7. The van der Waals surface area contributed by atoms with E-state index in [1.54, 1.807) is 0 Å². The molecule has 1 aromatic rings. The minimum absolute atomic E-state index is 0.118. The minimum atomic E-state index is 0.118. The fraction of sp³-hybridized carbons (Fsp3) is 0.462. The lowest BCUT2D eigenvalue weighted by atomic mass is 10.2. The van der Waals surface area contributed by atoms with Crippen LogP contribution in [0.2, 0.25) is 5.02 Å². The van der Waals surface area contributed by atoms with E-state index in [-0.39, 0.29) is 6.03 Å². The van der Waals surface area contributed by atoms with Crippen LogP contribution in [0.4, 0.5) is 10.5 Å². The topological polar surface area (TPSA) is 35.6 Å². The Kier molecular flexibility index (Phi) is 2.92. The summed E-state index contributed by atoms with van der Waals surface area (Å²) in [4.78, 5) is 16.2. The summed E-state index contributed by atoms with van der Waals surface area (Å²) in [6.07, 6.45) is 0. The van der Waals surface area contributed by atoms with Crippen molar-refractivity contribution in [1.29, 1.82) is 0 Å². The number of carbonyl (C=O) groups is 1. The van der Waals surface area contributed by atoms with Gasteiger partial charge in [-0.25, -0.2) is 4.79 Å². The summed E-state index contributed by atoms with van der Waals surface area (Å²) in [6.45, 7) is 5.32. The standard InChI is InChI=1S/C13H16ClN3O/c1-9-6-10(14)2-3-12(9)17-8-11-7-15-4-5-16(11)13(17)18/h2-3,6,11,15H,4-5,7-8H2,1H3. The number of amides is 2. The number of anilines is 1. The number of halogens is 1. The second-order valence-electron chi connectivity index (χ2n) is 4.88. The molecule has 3 rings (SSSR count). The summed E-state index contributed by atoms with van der Waals surface area (Å²) in [5, 5.41) is 4.04. The highest BCUT2D eigenvalue weighted by atomic mass is 35.5. The van der Waals surface area contributed by atoms with Gasteiger partial charge in [-0.1, -0.05) is 11.6 Å². The van der Waals surface area contributed by atoms with Gasteiger partial charge < -0.3 is 10.2 Å². The number of piperazine rings is 1. The van der Waals surface area contributed by atoms with Gasteiger partial charge in [0.05, 0.1) is 6.04 Å². The fourth-order valence-corrected chi connectivity index (χ4v) is 2.97. The summed E-state index contributed by atoms with van der Waals surface area (Å²) in [6, 6.07) is 6.08. The van der Waals surface area contributed by atoms with E-state index in [1.165, 1.54) is 0 Å². The third kappa shape index (κ3) is 1.85. The summed E-state index contributed by atoms with van der Waals surface area (Å²) in [5.74, 6) is 0. The molecular weight excluding hydrogens is 250 g/mol. The summed E-state index contributed by atoms with van der Waals surface area (Å²) >= 11 is 5.96. The molecule has 1 aromatic carbocycles. The number of benzene rings is 1. The normalized spacial score (nSPS) is 23.4. The van der Waals surface area contributed by atoms with Crippen molar-refractivity contribution in [1.82, 2.24) is 10.2 Å². The average Bonchev–Trinajstić information content (AvgIpc) is 2.68. The van der Waals surface area contributed by atoms with Gasteiger partial charge in [0.1, 0.15) is 0 Å². The third-order valence-corrected chi connectivity index (χ3v) is 3.90.